The summed E-state index contributed by atoms with van der Waals surface area (Å²) in [5, 5.41) is 5.99. The van der Waals surface area contributed by atoms with Crippen molar-refractivity contribution in [3.63, 3.8) is 0 Å². The molecule has 0 atom stereocenters. The predicted molar refractivity (Wildman–Crippen MR) is 87.9 cm³/mol. The summed E-state index contributed by atoms with van der Waals surface area (Å²) in [6, 6.07) is 13.5. The number of nitrogens with zero attached hydrogens (tertiary/aromatic N) is 1. The second-order valence-electron chi connectivity index (χ2n) is 5.81. The Bertz CT molecular complexity index is 603. The van der Waals surface area contributed by atoms with Gasteiger partial charge in [-0.15, -0.1) is 0 Å². The minimum absolute atomic E-state index is 0.677. The molecular formula is C18H24N2O. The van der Waals surface area contributed by atoms with Crippen LogP contribution in [0.4, 0.5) is 0 Å². The van der Waals surface area contributed by atoms with E-state index in [1.165, 1.54) is 29.2 Å². The van der Waals surface area contributed by atoms with Crippen LogP contribution in [0.25, 0.3) is 10.8 Å². The summed E-state index contributed by atoms with van der Waals surface area (Å²) < 4.78 is 5.60. The summed E-state index contributed by atoms with van der Waals surface area (Å²) >= 11 is 0. The molecule has 0 saturated carbocycles. The first kappa shape index (κ1) is 14.4. The van der Waals surface area contributed by atoms with E-state index in [0.29, 0.717) is 6.04 Å². The van der Waals surface area contributed by atoms with Gasteiger partial charge in [-0.25, -0.2) is 0 Å². The maximum absolute atomic E-state index is 5.60. The van der Waals surface area contributed by atoms with E-state index in [1.807, 2.05) is 0 Å². The van der Waals surface area contributed by atoms with E-state index in [1.54, 1.807) is 7.11 Å². The molecule has 3 nitrogen and oxygen atoms in total. The largest absolute Gasteiger partial charge is 0.496 e. The third-order valence-electron chi connectivity index (χ3n) is 4.60. The van der Waals surface area contributed by atoms with E-state index in [4.69, 9.17) is 4.74 Å². The van der Waals surface area contributed by atoms with E-state index >= 15 is 0 Å². The van der Waals surface area contributed by atoms with Gasteiger partial charge in [0.15, 0.2) is 0 Å². The summed E-state index contributed by atoms with van der Waals surface area (Å²) in [5.41, 5.74) is 1.32. The molecule has 0 amide bonds. The number of hydrogen-bond donors (Lipinski definition) is 1. The van der Waals surface area contributed by atoms with Gasteiger partial charge < -0.3 is 10.1 Å². The monoisotopic (exact) mass is 284 g/mol. The van der Waals surface area contributed by atoms with Crippen LogP contribution in [0.15, 0.2) is 36.4 Å². The van der Waals surface area contributed by atoms with Crippen molar-refractivity contribution >= 4 is 10.8 Å². The Morgan fingerprint density at radius 1 is 1.14 bits per heavy atom. The molecule has 0 spiro atoms. The second kappa shape index (κ2) is 6.46. The van der Waals surface area contributed by atoms with Crippen LogP contribution < -0.4 is 10.1 Å². The van der Waals surface area contributed by atoms with E-state index in [-0.39, 0.29) is 0 Å². The molecule has 1 N–H and O–H groups in total. The Morgan fingerprint density at radius 2 is 1.90 bits per heavy atom. The van der Waals surface area contributed by atoms with Crippen LogP contribution in [-0.4, -0.2) is 38.2 Å². The molecule has 0 radical (unpaired) electrons. The third-order valence-corrected chi connectivity index (χ3v) is 4.60. The minimum Gasteiger partial charge on any atom is -0.496 e. The number of benzene rings is 2. The van der Waals surface area contributed by atoms with Crippen LogP contribution in [0.1, 0.15) is 18.4 Å². The number of likely N-dealkylation sites (tertiary alicyclic amines) is 1. The van der Waals surface area contributed by atoms with Crippen LogP contribution in [0, 0.1) is 0 Å². The van der Waals surface area contributed by atoms with Gasteiger partial charge in [0.05, 0.1) is 7.11 Å². The Balaban J connectivity index is 1.85. The first-order valence-corrected chi connectivity index (χ1v) is 7.76. The van der Waals surface area contributed by atoms with Crippen LogP contribution in [0.2, 0.25) is 0 Å². The van der Waals surface area contributed by atoms with Crippen molar-refractivity contribution in [2.24, 2.45) is 0 Å². The van der Waals surface area contributed by atoms with Crippen LogP contribution >= 0.6 is 0 Å². The lowest BCUT2D eigenvalue weighted by Crippen LogP contribution is -2.40. The van der Waals surface area contributed by atoms with E-state index < -0.39 is 0 Å². The van der Waals surface area contributed by atoms with Crippen molar-refractivity contribution in [2.45, 2.75) is 25.4 Å². The first-order valence-electron chi connectivity index (χ1n) is 7.76. The number of rotatable bonds is 4. The number of nitrogens with one attached hydrogen (secondary N) is 1. The van der Waals surface area contributed by atoms with Crippen molar-refractivity contribution < 1.29 is 4.74 Å². The van der Waals surface area contributed by atoms with Crippen LogP contribution in [-0.2, 0) is 6.54 Å². The van der Waals surface area contributed by atoms with Gasteiger partial charge in [0.25, 0.3) is 0 Å². The molecule has 3 heteroatoms. The van der Waals surface area contributed by atoms with E-state index in [9.17, 15) is 0 Å². The first-order chi connectivity index (χ1) is 10.3. The lowest BCUT2D eigenvalue weighted by molar-refractivity contribution is 0.193. The molecule has 1 saturated heterocycles. The van der Waals surface area contributed by atoms with Gasteiger partial charge in [-0.2, -0.15) is 0 Å². The molecule has 1 heterocycles. The number of ether oxygens (including phenoxy) is 1. The summed E-state index contributed by atoms with van der Waals surface area (Å²) in [7, 11) is 3.83. The standard InChI is InChI=1S/C18H24N2O/c1-19-15-9-11-20(12-10-15)13-17-16-6-4-3-5-14(16)7-8-18(17)21-2/h3-8,15,19H,9-13H2,1-2H3. The van der Waals surface area contributed by atoms with Gasteiger partial charge in [-0.3, -0.25) is 4.90 Å². The average molecular weight is 284 g/mol. The van der Waals surface area contributed by atoms with E-state index in [2.05, 4.69) is 53.7 Å². The zero-order valence-electron chi connectivity index (χ0n) is 12.9. The van der Waals surface area contributed by atoms with Crippen molar-refractivity contribution in [3.05, 3.63) is 42.0 Å². The predicted octanol–water partition coefficient (Wildman–Crippen LogP) is 3.03. The molecular weight excluding hydrogens is 260 g/mol. The summed E-state index contributed by atoms with van der Waals surface area (Å²) in [6.45, 7) is 3.27. The maximum Gasteiger partial charge on any atom is 0.123 e. The second-order valence-corrected chi connectivity index (χ2v) is 5.81. The molecule has 112 valence electrons. The normalized spacial score (nSPS) is 17.2. The van der Waals surface area contributed by atoms with Gasteiger partial charge in [0.1, 0.15) is 5.75 Å². The number of fused-ring (bicyclic) bond motifs is 1. The van der Waals surface area contributed by atoms with Crippen LogP contribution in [0.3, 0.4) is 0 Å². The number of methoxy groups -OCH3 is 1. The highest BCUT2D eigenvalue weighted by atomic mass is 16.5. The Labute approximate surface area is 126 Å². The molecule has 3 rings (SSSR count). The van der Waals surface area contributed by atoms with Crippen molar-refractivity contribution in [3.8, 4) is 5.75 Å². The number of hydrogen-bond acceptors (Lipinski definition) is 3. The molecule has 2 aromatic carbocycles. The zero-order chi connectivity index (χ0) is 14.7. The van der Waals surface area contributed by atoms with Gasteiger partial charge in [0.2, 0.25) is 0 Å². The minimum atomic E-state index is 0.677. The highest BCUT2D eigenvalue weighted by Crippen LogP contribution is 2.29. The highest BCUT2D eigenvalue weighted by Gasteiger charge is 2.19. The van der Waals surface area contributed by atoms with Gasteiger partial charge in [-0.1, -0.05) is 30.3 Å². The Hall–Kier alpha value is -1.58. The van der Waals surface area contributed by atoms with Crippen LogP contribution in [0.5, 0.6) is 5.75 Å². The highest BCUT2D eigenvalue weighted by molar-refractivity contribution is 5.87. The molecule has 0 aromatic heterocycles. The van der Waals surface area contributed by atoms with Crippen molar-refractivity contribution in [1.29, 1.82) is 0 Å². The molecule has 21 heavy (non-hydrogen) atoms. The molecule has 1 aliphatic rings. The lowest BCUT2D eigenvalue weighted by atomic mass is 10.0. The van der Waals surface area contributed by atoms with Gasteiger partial charge in [-0.05, 0) is 49.8 Å². The molecule has 0 unspecified atom stereocenters. The van der Waals surface area contributed by atoms with E-state index in [0.717, 1.165) is 25.4 Å². The number of piperidine rings is 1. The summed E-state index contributed by atoms with van der Waals surface area (Å²) in [6.07, 6.45) is 2.45. The van der Waals surface area contributed by atoms with Crippen molar-refractivity contribution in [1.82, 2.24) is 10.2 Å². The molecule has 1 aliphatic heterocycles. The summed E-state index contributed by atoms with van der Waals surface area (Å²) in [4.78, 5) is 2.54. The van der Waals surface area contributed by atoms with Crippen molar-refractivity contribution in [2.75, 3.05) is 27.2 Å². The SMILES string of the molecule is CNC1CCN(Cc2c(OC)ccc3ccccc23)CC1. The fourth-order valence-electron chi connectivity index (χ4n) is 3.27. The molecule has 0 bridgehead atoms. The average Bonchev–Trinajstić information content (AvgIpc) is 2.56. The zero-order valence-corrected chi connectivity index (χ0v) is 12.9. The maximum atomic E-state index is 5.60. The fraction of sp³-hybridized carbons (Fsp3) is 0.444. The summed E-state index contributed by atoms with van der Waals surface area (Å²) in [5.74, 6) is 1.00. The topological polar surface area (TPSA) is 24.5 Å². The lowest BCUT2D eigenvalue weighted by Gasteiger charge is -2.32. The third kappa shape index (κ3) is 3.04. The van der Waals surface area contributed by atoms with Gasteiger partial charge >= 0.3 is 0 Å². The quantitative estimate of drug-likeness (QED) is 0.934. The smallest absolute Gasteiger partial charge is 0.123 e. The molecule has 2 aromatic rings. The molecule has 0 aliphatic carbocycles. The van der Waals surface area contributed by atoms with Gasteiger partial charge in [0, 0.05) is 18.2 Å². The fourth-order valence-corrected chi connectivity index (χ4v) is 3.27. The molecule has 1 fully saturated rings. The Morgan fingerprint density at radius 3 is 2.62 bits per heavy atom. The Kier molecular flexibility index (Phi) is 4.42.